The number of thiophene rings is 1. The quantitative estimate of drug-likeness (QED) is 0.907. The van der Waals surface area contributed by atoms with E-state index in [0.717, 1.165) is 30.2 Å². The van der Waals surface area contributed by atoms with Crippen LogP contribution in [0.4, 0.5) is 5.00 Å². The number of hydrogen-bond acceptors (Lipinski definition) is 3. The van der Waals surface area contributed by atoms with E-state index in [-0.39, 0.29) is 5.91 Å². The molecule has 4 heteroatoms. The Labute approximate surface area is 125 Å². The molecule has 0 saturated carbocycles. The molecule has 0 saturated heterocycles. The minimum absolute atomic E-state index is 0.0159. The molecule has 1 aromatic rings. The van der Waals surface area contributed by atoms with Crippen molar-refractivity contribution in [2.45, 2.75) is 52.9 Å². The third-order valence-electron chi connectivity index (χ3n) is 3.90. The molecule has 108 valence electrons. The summed E-state index contributed by atoms with van der Waals surface area (Å²) >= 11 is 1.61. The van der Waals surface area contributed by atoms with Gasteiger partial charge in [-0.2, -0.15) is 5.26 Å². The van der Waals surface area contributed by atoms with E-state index in [1.807, 2.05) is 13.8 Å². The first-order valence-electron chi connectivity index (χ1n) is 7.39. The van der Waals surface area contributed by atoms with Crippen molar-refractivity contribution in [1.82, 2.24) is 0 Å². The van der Waals surface area contributed by atoms with Gasteiger partial charge in [-0.3, -0.25) is 4.79 Å². The van der Waals surface area contributed by atoms with Crippen LogP contribution in [0, 0.1) is 23.2 Å². The number of amides is 1. The van der Waals surface area contributed by atoms with Gasteiger partial charge in [0.2, 0.25) is 5.91 Å². The van der Waals surface area contributed by atoms with Gasteiger partial charge in [0.15, 0.2) is 0 Å². The zero-order valence-electron chi connectivity index (χ0n) is 12.5. The van der Waals surface area contributed by atoms with Crippen molar-refractivity contribution in [3.63, 3.8) is 0 Å². The average Bonchev–Trinajstić information content (AvgIpc) is 2.73. The van der Waals surface area contributed by atoms with Crippen molar-refractivity contribution in [3.05, 3.63) is 16.0 Å². The van der Waals surface area contributed by atoms with Crippen LogP contribution in [-0.2, 0) is 17.6 Å². The van der Waals surface area contributed by atoms with Crippen LogP contribution in [0.2, 0.25) is 0 Å². The van der Waals surface area contributed by atoms with E-state index in [4.69, 9.17) is 0 Å². The first kappa shape index (κ1) is 15.1. The Morgan fingerprint density at radius 1 is 1.55 bits per heavy atom. The molecule has 1 heterocycles. The fourth-order valence-corrected chi connectivity index (χ4v) is 4.09. The number of carbonyl (C=O) groups is 1. The predicted octanol–water partition coefficient (Wildman–Crippen LogP) is 4.12. The summed E-state index contributed by atoms with van der Waals surface area (Å²) in [5, 5.41) is 13.1. The lowest BCUT2D eigenvalue weighted by Gasteiger charge is -2.20. The summed E-state index contributed by atoms with van der Waals surface area (Å²) < 4.78 is 0. The molecule has 0 aromatic carbocycles. The summed E-state index contributed by atoms with van der Waals surface area (Å²) in [6, 6.07) is 2.29. The van der Waals surface area contributed by atoms with Crippen LogP contribution in [-0.4, -0.2) is 5.91 Å². The summed E-state index contributed by atoms with van der Waals surface area (Å²) in [7, 11) is 0. The molecule has 1 amide bonds. The molecular formula is C16H22N2OS. The average molecular weight is 290 g/mol. The molecule has 0 spiro atoms. The maximum atomic E-state index is 11.9. The molecule has 0 bridgehead atoms. The second-order valence-electron chi connectivity index (χ2n) is 5.98. The summed E-state index contributed by atoms with van der Waals surface area (Å²) in [6.45, 7) is 6.27. The van der Waals surface area contributed by atoms with Crippen molar-refractivity contribution in [2.24, 2.45) is 11.8 Å². The Kier molecular flexibility index (Phi) is 4.82. The van der Waals surface area contributed by atoms with E-state index < -0.39 is 0 Å². The molecule has 20 heavy (non-hydrogen) atoms. The monoisotopic (exact) mass is 290 g/mol. The first-order chi connectivity index (χ1) is 9.55. The lowest BCUT2D eigenvalue weighted by Crippen LogP contribution is -2.14. The van der Waals surface area contributed by atoms with Crippen molar-refractivity contribution >= 4 is 22.2 Å². The fraction of sp³-hybridized carbons (Fsp3) is 0.625. The molecule has 1 aliphatic rings. The van der Waals surface area contributed by atoms with Crippen LogP contribution < -0.4 is 5.32 Å². The van der Waals surface area contributed by atoms with Gasteiger partial charge in [-0.25, -0.2) is 0 Å². The highest BCUT2D eigenvalue weighted by Gasteiger charge is 2.25. The Balaban J connectivity index is 2.21. The Morgan fingerprint density at radius 2 is 2.30 bits per heavy atom. The highest BCUT2D eigenvalue weighted by atomic mass is 32.1. The molecule has 0 aliphatic heterocycles. The van der Waals surface area contributed by atoms with Gasteiger partial charge in [-0.1, -0.05) is 27.2 Å². The third-order valence-corrected chi connectivity index (χ3v) is 5.07. The third kappa shape index (κ3) is 3.21. The van der Waals surface area contributed by atoms with Gasteiger partial charge in [0.05, 0.1) is 5.56 Å². The van der Waals surface area contributed by atoms with Gasteiger partial charge >= 0.3 is 0 Å². The van der Waals surface area contributed by atoms with Gasteiger partial charge in [-0.05, 0) is 36.7 Å². The SMILES string of the molecule is CCC1CCc2c(sc(NC(=O)CC(C)C)c2C#N)C1. The lowest BCUT2D eigenvalue weighted by atomic mass is 9.86. The molecule has 1 N–H and O–H groups in total. The molecule has 2 rings (SSSR count). The zero-order valence-corrected chi connectivity index (χ0v) is 13.3. The molecule has 1 aromatic heterocycles. The van der Waals surface area contributed by atoms with E-state index in [9.17, 15) is 10.1 Å². The second-order valence-corrected chi connectivity index (χ2v) is 7.09. The van der Waals surface area contributed by atoms with Crippen molar-refractivity contribution in [3.8, 4) is 6.07 Å². The summed E-state index contributed by atoms with van der Waals surface area (Å²) in [6.07, 6.45) is 4.89. The molecule has 1 unspecified atom stereocenters. The number of anilines is 1. The number of nitriles is 1. The Bertz CT molecular complexity index is 539. The minimum Gasteiger partial charge on any atom is -0.317 e. The van der Waals surface area contributed by atoms with Crippen LogP contribution in [0.15, 0.2) is 0 Å². The van der Waals surface area contributed by atoms with Crippen LogP contribution in [0.1, 0.15) is 56.0 Å². The number of hydrogen-bond donors (Lipinski definition) is 1. The van der Waals surface area contributed by atoms with Gasteiger partial charge in [0.25, 0.3) is 0 Å². The van der Waals surface area contributed by atoms with Crippen LogP contribution in [0.3, 0.4) is 0 Å². The van der Waals surface area contributed by atoms with Crippen molar-refractivity contribution in [1.29, 1.82) is 5.26 Å². The Hall–Kier alpha value is -1.34. The summed E-state index contributed by atoms with van der Waals surface area (Å²) in [5.41, 5.74) is 1.89. The summed E-state index contributed by atoms with van der Waals surface area (Å²) in [4.78, 5) is 13.2. The topological polar surface area (TPSA) is 52.9 Å². The second kappa shape index (κ2) is 6.41. The van der Waals surface area contributed by atoms with Crippen LogP contribution in [0.25, 0.3) is 0 Å². The fourth-order valence-electron chi connectivity index (χ4n) is 2.76. The number of nitrogens with zero attached hydrogens (tertiary/aromatic N) is 1. The van der Waals surface area contributed by atoms with E-state index in [2.05, 4.69) is 18.3 Å². The first-order valence-corrected chi connectivity index (χ1v) is 8.21. The predicted molar refractivity (Wildman–Crippen MR) is 82.9 cm³/mol. The lowest BCUT2D eigenvalue weighted by molar-refractivity contribution is -0.116. The number of rotatable bonds is 4. The van der Waals surface area contributed by atoms with Gasteiger partial charge < -0.3 is 5.32 Å². The molecular weight excluding hydrogens is 268 g/mol. The summed E-state index contributed by atoms with van der Waals surface area (Å²) in [5.74, 6) is 1.08. The molecule has 0 radical (unpaired) electrons. The Morgan fingerprint density at radius 3 is 2.90 bits per heavy atom. The van der Waals surface area contributed by atoms with Crippen LogP contribution in [0.5, 0.6) is 0 Å². The maximum Gasteiger partial charge on any atom is 0.225 e. The highest BCUT2D eigenvalue weighted by molar-refractivity contribution is 7.16. The number of fused-ring (bicyclic) bond motifs is 1. The molecule has 3 nitrogen and oxygen atoms in total. The number of carbonyl (C=O) groups excluding carboxylic acids is 1. The normalized spacial score (nSPS) is 17.6. The highest BCUT2D eigenvalue weighted by Crippen LogP contribution is 2.40. The zero-order chi connectivity index (χ0) is 14.7. The van der Waals surface area contributed by atoms with E-state index in [0.29, 0.717) is 17.9 Å². The van der Waals surface area contributed by atoms with Gasteiger partial charge in [0.1, 0.15) is 11.1 Å². The van der Waals surface area contributed by atoms with Gasteiger partial charge in [-0.15, -0.1) is 11.3 Å². The van der Waals surface area contributed by atoms with Crippen LogP contribution >= 0.6 is 11.3 Å². The van der Waals surface area contributed by atoms with E-state index in [1.165, 1.54) is 16.9 Å². The van der Waals surface area contributed by atoms with Crippen molar-refractivity contribution in [2.75, 3.05) is 5.32 Å². The number of nitrogens with one attached hydrogen (secondary N) is 1. The van der Waals surface area contributed by atoms with E-state index >= 15 is 0 Å². The van der Waals surface area contributed by atoms with E-state index in [1.54, 1.807) is 11.3 Å². The standard InChI is InChI=1S/C16H22N2OS/c1-4-11-5-6-12-13(9-17)16(20-14(12)8-11)18-15(19)7-10(2)3/h10-11H,4-8H2,1-3H3,(H,18,19). The largest absolute Gasteiger partial charge is 0.317 e. The van der Waals surface area contributed by atoms with Gasteiger partial charge in [0, 0.05) is 11.3 Å². The molecule has 1 aliphatic carbocycles. The smallest absolute Gasteiger partial charge is 0.225 e. The molecule has 1 atom stereocenters. The van der Waals surface area contributed by atoms with Crippen molar-refractivity contribution < 1.29 is 4.79 Å². The minimum atomic E-state index is 0.0159. The maximum absolute atomic E-state index is 11.9. The molecule has 0 fully saturated rings.